The summed E-state index contributed by atoms with van der Waals surface area (Å²) >= 11 is 0. The van der Waals surface area contributed by atoms with Crippen LogP contribution in [0.3, 0.4) is 0 Å². The summed E-state index contributed by atoms with van der Waals surface area (Å²) in [6.07, 6.45) is 0. The Hall–Kier alpha value is -1.80. The summed E-state index contributed by atoms with van der Waals surface area (Å²) in [6, 6.07) is 3.32. The molecule has 8 heteroatoms. The van der Waals surface area contributed by atoms with Gasteiger partial charge in [0.25, 0.3) is 5.91 Å². The quantitative estimate of drug-likeness (QED) is 0.703. The smallest absolute Gasteiger partial charge is 0.258 e. The van der Waals surface area contributed by atoms with Crippen LogP contribution in [0.25, 0.3) is 0 Å². The van der Waals surface area contributed by atoms with Crippen molar-refractivity contribution in [1.29, 1.82) is 0 Å². The van der Waals surface area contributed by atoms with Crippen molar-refractivity contribution in [3.63, 3.8) is 0 Å². The summed E-state index contributed by atoms with van der Waals surface area (Å²) in [4.78, 5) is 10.8. The predicted molar refractivity (Wildman–Crippen MR) is 65.3 cm³/mol. The van der Waals surface area contributed by atoms with E-state index in [1.807, 2.05) is 0 Å². The van der Waals surface area contributed by atoms with Gasteiger partial charge in [-0.3, -0.25) is 10.5 Å². The van der Waals surface area contributed by atoms with Crippen molar-refractivity contribution in [2.24, 2.45) is 0 Å². The SMILES string of the molecule is COc1ccc(S(=O)(=O)N2CC2C([NH])=O)cc1OC. The molecular weight excluding hydrogens is 272 g/mol. The van der Waals surface area contributed by atoms with Gasteiger partial charge >= 0.3 is 0 Å². The Bertz CT molecular complexity index is 614. The highest BCUT2D eigenvalue weighted by molar-refractivity contribution is 7.89. The first-order chi connectivity index (χ1) is 8.91. The molecule has 2 unspecified atom stereocenters. The van der Waals surface area contributed by atoms with Crippen molar-refractivity contribution in [1.82, 2.24) is 10.0 Å². The Balaban J connectivity index is 2.35. The third-order valence-electron chi connectivity index (χ3n) is 2.83. The Morgan fingerprint density at radius 2 is 1.95 bits per heavy atom. The van der Waals surface area contributed by atoms with Gasteiger partial charge in [0.05, 0.1) is 19.1 Å². The van der Waals surface area contributed by atoms with Gasteiger partial charge in [-0.05, 0) is 12.1 Å². The third-order valence-corrected chi connectivity index (χ3v) is 4.70. The number of carbonyl (C=O) groups is 1. The van der Waals surface area contributed by atoms with Crippen LogP contribution in [0.4, 0.5) is 0 Å². The highest BCUT2D eigenvalue weighted by atomic mass is 32.2. The van der Waals surface area contributed by atoms with Crippen molar-refractivity contribution in [2.75, 3.05) is 20.8 Å². The van der Waals surface area contributed by atoms with E-state index in [9.17, 15) is 13.2 Å². The van der Waals surface area contributed by atoms with E-state index in [4.69, 9.17) is 15.2 Å². The normalized spacial score (nSPS) is 21.8. The van der Waals surface area contributed by atoms with Crippen molar-refractivity contribution in [3.05, 3.63) is 18.2 Å². The summed E-state index contributed by atoms with van der Waals surface area (Å²) in [5.74, 6) is -0.191. The molecule has 1 N–H and O–H groups in total. The number of methoxy groups -OCH3 is 2. The van der Waals surface area contributed by atoms with Gasteiger partial charge in [-0.2, -0.15) is 4.31 Å². The van der Waals surface area contributed by atoms with E-state index >= 15 is 0 Å². The van der Waals surface area contributed by atoms with Gasteiger partial charge in [0.1, 0.15) is 6.04 Å². The van der Waals surface area contributed by atoms with Gasteiger partial charge < -0.3 is 9.47 Å². The summed E-state index contributed by atoms with van der Waals surface area (Å²) in [5, 5.41) is 0. The number of nitrogens with one attached hydrogen (secondary N) is 1. The molecule has 0 saturated carbocycles. The summed E-state index contributed by atoms with van der Waals surface area (Å²) in [7, 11) is -0.906. The van der Waals surface area contributed by atoms with Crippen LogP contribution >= 0.6 is 0 Å². The topological polar surface area (TPSA) is 96.5 Å². The second-order valence-electron chi connectivity index (χ2n) is 3.97. The minimum absolute atomic E-state index is 0.00824. The van der Waals surface area contributed by atoms with E-state index in [1.165, 1.54) is 32.4 Å². The Morgan fingerprint density at radius 3 is 2.42 bits per heavy atom. The average molecular weight is 285 g/mol. The molecule has 0 aromatic heterocycles. The molecule has 7 nitrogen and oxygen atoms in total. The fraction of sp³-hybridized carbons (Fsp3) is 0.364. The number of amides is 1. The van der Waals surface area contributed by atoms with Crippen molar-refractivity contribution in [2.45, 2.75) is 10.9 Å². The first-order valence-corrected chi connectivity index (χ1v) is 6.85. The fourth-order valence-corrected chi connectivity index (χ4v) is 3.25. The Morgan fingerprint density at radius 1 is 1.32 bits per heavy atom. The lowest BCUT2D eigenvalue weighted by molar-refractivity contribution is -0.118. The number of hydrogen-bond acceptors (Lipinski definition) is 5. The van der Waals surface area contributed by atoms with Crippen LogP contribution in [0.2, 0.25) is 0 Å². The van der Waals surface area contributed by atoms with E-state index in [2.05, 4.69) is 0 Å². The second kappa shape index (κ2) is 4.71. The first kappa shape index (κ1) is 13.6. The monoisotopic (exact) mass is 285 g/mol. The van der Waals surface area contributed by atoms with Crippen LogP contribution in [-0.2, 0) is 14.8 Å². The molecule has 1 aromatic rings. The molecule has 1 saturated heterocycles. The standard InChI is InChI=1S/C11H13N2O5S/c1-17-9-4-3-7(5-10(9)18-2)19(15,16)13-6-8(13)11(12)14/h3-5,8,12H,6H2,1-2H3. The third kappa shape index (κ3) is 2.36. The zero-order chi connectivity index (χ0) is 14.2. The summed E-state index contributed by atoms with van der Waals surface area (Å²) in [5.41, 5.74) is 6.92. The molecule has 2 rings (SSSR count). The molecule has 1 heterocycles. The lowest BCUT2D eigenvalue weighted by Crippen LogP contribution is -2.19. The van der Waals surface area contributed by atoms with Crippen LogP contribution in [-0.4, -0.2) is 45.4 Å². The molecule has 1 aromatic carbocycles. The van der Waals surface area contributed by atoms with Crippen LogP contribution < -0.4 is 15.2 Å². The predicted octanol–water partition coefficient (Wildman–Crippen LogP) is -0.114. The zero-order valence-corrected chi connectivity index (χ0v) is 11.2. The lowest BCUT2D eigenvalue weighted by atomic mass is 10.3. The molecule has 1 amide bonds. The maximum atomic E-state index is 12.2. The van der Waals surface area contributed by atoms with Crippen LogP contribution in [0, 0.1) is 0 Å². The van der Waals surface area contributed by atoms with E-state index in [-0.39, 0.29) is 11.4 Å². The summed E-state index contributed by atoms with van der Waals surface area (Å²) < 4.78 is 35.4. The maximum absolute atomic E-state index is 12.2. The average Bonchev–Trinajstić information content (AvgIpc) is 3.18. The molecular formula is C11H13N2O5S. The van der Waals surface area contributed by atoms with Gasteiger partial charge in [0.2, 0.25) is 10.0 Å². The van der Waals surface area contributed by atoms with Gasteiger partial charge in [-0.25, -0.2) is 8.42 Å². The molecule has 19 heavy (non-hydrogen) atoms. The molecule has 1 radical (unpaired) electrons. The number of benzene rings is 1. The van der Waals surface area contributed by atoms with Crippen LogP contribution in [0.15, 0.2) is 23.1 Å². The van der Waals surface area contributed by atoms with Crippen molar-refractivity contribution < 1.29 is 22.7 Å². The first-order valence-electron chi connectivity index (χ1n) is 5.41. The van der Waals surface area contributed by atoms with Gasteiger partial charge in [-0.15, -0.1) is 0 Å². The van der Waals surface area contributed by atoms with E-state index in [1.54, 1.807) is 0 Å². The van der Waals surface area contributed by atoms with Crippen LogP contribution in [0.1, 0.15) is 0 Å². The minimum Gasteiger partial charge on any atom is -0.493 e. The van der Waals surface area contributed by atoms with E-state index < -0.39 is 22.0 Å². The molecule has 0 aliphatic carbocycles. The molecule has 1 aliphatic heterocycles. The number of rotatable bonds is 5. The van der Waals surface area contributed by atoms with Crippen molar-refractivity contribution >= 4 is 15.9 Å². The maximum Gasteiger partial charge on any atom is 0.258 e. The number of ether oxygens (including phenoxy) is 2. The lowest BCUT2D eigenvalue weighted by Gasteiger charge is -2.10. The minimum atomic E-state index is -3.76. The number of nitrogens with zero attached hydrogens (tertiary/aromatic N) is 1. The molecule has 1 aliphatic rings. The van der Waals surface area contributed by atoms with Crippen molar-refractivity contribution in [3.8, 4) is 11.5 Å². The largest absolute Gasteiger partial charge is 0.493 e. The van der Waals surface area contributed by atoms with E-state index in [0.717, 1.165) is 4.31 Å². The van der Waals surface area contributed by atoms with Crippen LogP contribution in [0.5, 0.6) is 11.5 Å². The second-order valence-corrected chi connectivity index (χ2v) is 5.86. The molecule has 103 valence electrons. The number of sulfonamides is 1. The fourth-order valence-electron chi connectivity index (χ4n) is 1.72. The Kier molecular flexibility index (Phi) is 3.38. The van der Waals surface area contributed by atoms with Gasteiger partial charge in [0, 0.05) is 12.6 Å². The molecule has 1 fully saturated rings. The molecule has 0 spiro atoms. The zero-order valence-electron chi connectivity index (χ0n) is 10.4. The van der Waals surface area contributed by atoms with E-state index in [0.29, 0.717) is 11.5 Å². The number of hydrogen-bond donors (Lipinski definition) is 0. The number of carbonyl (C=O) groups excluding carboxylic acids is 1. The molecule has 2 atom stereocenters. The molecule has 0 bridgehead atoms. The highest BCUT2D eigenvalue weighted by Crippen LogP contribution is 2.34. The summed E-state index contributed by atoms with van der Waals surface area (Å²) in [6.45, 7) is 0.0546. The van der Waals surface area contributed by atoms with Gasteiger partial charge in [-0.1, -0.05) is 0 Å². The Labute approximate surface area is 110 Å². The van der Waals surface area contributed by atoms with Gasteiger partial charge in [0.15, 0.2) is 11.5 Å². The highest BCUT2D eigenvalue weighted by Gasteiger charge is 2.48.